The second-order valence-corrected chi connectivity index (χ2v) is 8.97. The number of nitrogens with one attached hydrogen (secondary N) is 1. The summed E-state index contributed by atoms with van der Waals surface area (Å²) in [5.74, 6) is 0.00825. The van der Waals surface area contributed by atoms with Crippen molar-refractivity contribution in [2.75, 3.05) is 36.0 Å². The molecule has 0 aromatic heterocycles. The highest BCUT2D eigenvalue weighted by atomic mass is 16.5. The van der Waals surface area contributed by atoms with Gasteiger partial charge in [0.2, 0.25) is 17.7 Å². The Hall–Kier alpha value is -2.41. The average molecular weight is 412 g/mol. The fraction of sp³-hybridized carbons (Fsp3) is 0.609. The minimum atomic E-state index is -0.330. The standard InChI is InChI=1S/C23H29N3O4/c27-21-12-17(22(28)24-13-19-5-2-10-30-19)14-26(21)18-6-7-20-16(11-18)8-9-25(20)23(29)15-3-1-4-15/h6-7,11,15,17,19H,1-5,8-10,12-14H2,(H,24,28). The van der Waals surface area contributed by atoms with Crippen LogP contribution in [0.4, 0.5) is 11.4 Å². The van der Waals surface area contributed by atoms with E-state index in [1.54, 1.807) is 4.90 Å². The second kappa shape index (κ2) is 8.02. The molecule has 160 valence electrons. The Labute approximate surface area is 176 Å². The van der Waals surface area contributed by atoms with Crippen LogP contribution in [0.3, 0.4) is 0 Å². The van der Waals surface area contributed by atoms with Crippen molar-refractivity contribution < 1.29 is 19.1 Å². The molecule has 2 saturated heterocycles. The number of fused-ring (bicyclic) bond motifs is 1. The van der Waals surface area contributed by atoms with E-state index in [1.165, 1.54) is 0 Å². The molecule has 1 aliphatic carbocycles. The van der Waals surface area contributed by atoms with Crippen molar-refractivity contribution in [2.45, 2.75) is 51.0 Å². The molecule has 1 N–H and O–H groups in total. The smallest absolute Gasteiger partial charge is 0.230 e. The van der Waals surface area contributed by atoms with Gasteiger partial charge in [0.1, 0.15) is 0 Å². The van der Waals surface area contributed by atoms with Crippen molar-refractivity contribution in [1.82, 2.24) is 5.32 Å². The predicted octanol–water partition coefficient (Wildman–Crippen LogP) is 2.02. The molecule has 7 nitrogen and oxygen atoms in total. The van der Waals surface area contributed by atoms with E-state index < -0.39 is 0 Å². The largest absolute Gasteiger partial charge is 0.376 e. The van der Waals surface area contributed by atoms with Crippen LogP contribution in [0.5, 0.6) is 0 Å². The highest BCUT2D eigenvalue weighted by Gasteiger charge is 2.37. The van der Waals surface area contributed by atoms with Gasteiger partial charge in [-0.2, -0.15) is 0 Å². The van der Waals surface area contributed by atoms with Crippen LogP contribution < -0.4 is 15.1 Å². The molecule has 4 aliphatic rings. The van der Waals surface area contributed by atoms with Gasteiger partial charge in [-0.3, -0.25) is 14.4 Å². The first-order valence-electron chi connectivity index (χ1n) is 11.2. The number of carbonyl (C=O) groups excluding carboxylic acids is 3. The zero-order chi connectivity index (χ0) is 20.7. The van der Waals surface area contributed by atoms with Crippen molar-refractivity contribution in [3.63, 3.8) is 0 Å². The molecule has 0 spiro atoms. The Balaban J connectivity index is 1.23. The summed E-state index contributed by atoms with van der Waals surface area (Å²) in [5, 5.41) is 2.95. The lowest BCUT2D eigenvalue weighted by Crippen LogP contribution is -2.37. The molecule has 2 atom stereocenters. The van der Waals surface area contributed by atoms with Gasteiger partial charge in [0, 0.05) is 50.0 Å². The van der Waals surface area contributed by atoms with Crippen LogP contribution in [0.1, 0.15) is 44.1 Å². The van der Waals surface area contributed by atoms with E-state index in [2.05, 4.69) is 5.32 Å². The van der Waals surface area contributed by atoms with Crippen LogP contribution in [0.25, 0.3) is 0 Å². The van der Waals surface area contributed by atoms with Crippen LogP contribution in [0.2, 0.25) is 0 Å². The summed E-state index contributed by atoms with van der Waals surface area (Å²) in [6, 6.07) is 5.90. The molecule has 1 aromatic carbocycles. The quantitative estimate of drug-likeness (QED) is 0.804. The van der Waals surface area contributed by atoms with Gasteiger partial charge in [0.05, 0.1) is 12.0 Å². The lowest BCUT2D eigenvalue weighted by atomic mass is 9.84. The van der Waals surface area contributed by atoms with Gasteiger partial charge < -0.3 is 19.9 Å². The monoisotopic (exact) mass is 411 g/mol. The zero-order valence-electron chi connectivity index (χ0n) is 17.3. The van der Waals surface area contributed by atoms with Gasteiger partial charge in [-0.05, 0) is 55.9 Å². The number of nitrogens with zero attached hydrogens (tertiary/aromatic N) is 2. The van der Waals surface area contributed by atoms with Crippen molar-refractivity contribution in [3.8, 4) is 0 Å². The van der Waals surface area contributed by atoms with E-state index in [9.17, 15) is 14.4 Å². The Morgan fingerprint density at radius 1 is 1.13 bits per heavy atom. The van der Waals surface area contributed by atoms with E-state index in [1.807, 2.05) is 23.1 Å². The zero-order valence-corrected chi connectivity index (χ0v) is 17.3. The fourth-order valence-corrected chi connectivity index (χ4v) is 4.96. The SMILES string of the molecule is O=C(NCC1CCCO1)C1CC(=O)N(c2ccc3c(c2)CCN3C(=O)C2CCC2)C1. The van der Waals surface area contributed by atoms with Gasteiger partial charge in [-0.25, -0.2) is 0 Å². The van der Waals surface area contributed by atoms with E-state index in [0.29, 0.717) is 13.1 Å². The van der Waals surface area contributed by atoms with Crippen molar-refractivity contribution in [3.05, 3.63) is 23.8 Å². The molecule has 1 saturated carbocycles. The molecular weight excluding hydrogens is 382 g/mol. The molecule has 3 fully saturated rings. The van der Waals surface area contributed by atoms with Crippen LogP contribution in [-0.4, -0.2) is 50.1 Å². The minimum Gasteiger partial charge on any atom is -0.376 e. The van der Waals surface area contributed by atoms with Gasteiger partial charge in [-0.1, -0.05) is 6.42 Å². The highest BCUT2D eigenvalue weighted by molar-refractivity contribution is 6.01. The maximum Gasteiger partial charge on any atom is 0.230 e. The lowest BCUT2D eigenvalue weighted by molar-refractivity contribution is -0.126. The highest BCUT2D eigenvalue weighted by Crippen LogP contribution is 2.37. The Morgan fingerprint density at radius 3 is 2.73 bits per heavy atom. The van der Waals surface area contributed by atoms with Crippen molar-refractivity contribution in [2.24, 2.45) is 11.8 Å². The van der Waals surface area contributed by atoms with Crippen LogP contribution in [-0.2, 0) is 25.5 Å². The van der Waals surface area contributed by atoms with Crippen molar-refractivity contribution >= 4 is 29.1 Å². The topological polar surface area (TPSA) is 79.0 Å². The minimum absolute atomic E-state index is 0.0207. The van der Waals surface area contributed by atoms with Crippen LogP contribution in [0, 0.1) is 11.8 Å². The number of hydrogen-bond donors (Lipinski definition) is 1. The summed E-state index contributed by atoms with van der Waals surface area (Å²) in [4.78, 5) is 41.4. The maximum atomic E-state index is 12.7. The summed E-state index contributed by atoms with van der Waals surface area (Å²) >= 11 is 0. The third-order valence-electron chi connectivity index (χ3n) is 7.01. The Bertz CT molecular complexity index is 860. The van der Waals surface area contributed by atoms with Gasteiger partial charge >= 0.3 is 0 Å². The van der Waals surface area contributed by atoms with Crippen LogP contribution >= 0.6 is 0 Å². The molecule has 0 bridgehead atoms. The third kappa shape index (κ3) is 3.60. The summed E-state index contributed by atoms with van der Waals surface area (Å²) in [7, 11) is 0. The summed E-state index contributed by atoms with van der Waals surface area (Å²) < 4.78 is 5.55. The fourth-order valence-electron chi connectivity index (χ4n) is 4.96. The number of amides is 3. The van der Waals surface area contributed by atoms with Gasteiger partial charge in [-0.15, -0.1) is 0 Å². The lowest BCUT2D eigenvalue weighted by Gasteiger charge is -2.29. The van der Waals surface area contributed by atoms with E-state index in [-0.39, 0.29) is 42.1 Å². The first-order chi connectivity index (χ1) is 14.6. The van der Waals surface area contributed by atoms with Gasteiger partial charge in [0.25, 0.3) is 0 Å². The predicted molar refractivity (Wildman–Crippen MR) is 112 cm³/mol. The maximum absolute atomic E-state index is 12.7. The number of anilines is 2. The summed E-state index contributed by atoms with van der Waals surface area (Å²) in [5.41, 5.74) is 2.92. The molecule has 0 radical (unpaired) electrons. The van der Waals surface area contributed by atoms with Gasteiger partial charge in [0.15, 0.2) is 0 Å². The molecule has 3 heterocycles. The average Bonchev–Trinajstić information content (AvgIpc) is 3.43. The van der Waals surface area contributed by atoms with Crippen LogP contribution in [0.15, 0.2) is 18.2 Å². The molecule has 3 aliphatic heterocycles. The summed E-state index contributed by atoms with van der Waals surface area (Å²) in [6.45, 7) is 2.40. The van der Waals surface area contributed by atoms with E-state index in [4.69, 9.17) is 4.74 Å². The molecular formula is C23H29N3O4. The molecule has 30 heavy (non-hydrogen) atoms. The molecule has 2 unspecified atom stereocenters. The Kier molecular flexibility index (Phi) is 5.23. The molecule has 1 aromatic rings. The second-order valence-electron chi connectivity index (χ2n) is 8.97. The normalized spacial score (nSPS) is 26.1. The first kappa shape index (κ1) is 19.5. The Morgan fingerprint density at radius 2 is 2.00 bits per heavy atom. The number of rotatable bonds is 5. The molecule has 3 amide bonds. The van der Waals surface area contributed by atoms with E-state index in [0.717, 1.165) is 68.6 Å². The molecule has 5 rings (SSSR count). The number of carbonyl (C=O) groups is 3. The number of benzene rings is 1. The van der Waals surface area contributed by atoms with E-state index >= 15 is 0 Å². The third-order valence-corrected chi connectivity index (χ3v) is 7.01. The summed E-state index contributed by atoms with van der Waals surface area (Å²) in [6.07, 6.45) is 6.32. The number of hydrogen-bond acceptors (Lipinski definition) is 4. The van der Waals surface area contributed by atoms with Crippen molar-refractivity contribution in [1.29, 1.82) is 0 Å². The number of ether oxygens (including phenoxy) is 1. The molecule has 7 heteroatoms. The first-order valence-corrected chi connectivity index (χ1v) is 11.2.